The molecule has 2 saturated carbocycles. The summed E-state index contributed by atoms with van der Waals surface area (Å²) in [6.45, 7) is 4.61. The minimum atomic E-state index is -4.34. The number of carbonyl (C=O) groups excluding carboxylic acids is 1. The third kappa shape index (κ3) is 2.33. The summed E-state index contributed by atoms with van der Waals surface area (Å²) in [5.41, 5.74) is 8.06. The van der Waals surface area contributed by atoms with Crippen molar-refractivity contribution in [2.75, 3.05) is 0 Å². The van der Waals surface area contributed by atoms with Crippen LogP contribution in [0.4, 0.5) is 0 Å². The molecule has 3 aliphatic carbocycles. The Morgan fingerprint density at radius 2 is 2.04 bits per heavy atom. The Labute approximate surface area is 158 Å². The Balaban J connectivity index is 1.89. The average Bonchev–Trinajstić information content (AvgIpc) is 3.28. The summed E-state index contributed by atoms with van der Waals surface area (Å²) in [5, 5.41) is 0. The number of nitrogens with two attached hydrogens (primary N) is 1. The van der Waals surface area contributed by atoms with Gasteiger partial charge in [0.15, 0.2) is 0 Å². The monoisotopic (exact) mass is 472 g/mol. The molecule has 1 aromatic rings. The van der Waals surface area contributed by atoms with E-state index in [1.54, 1.807) is 0 Å². The van der Waals surface area contributed by atoms with Gasteiger partial charge in [-0.1, -0.05) is 0 Å². The van der Waals surface area contributed by atoms with E-state index < -0.39 is 26.9 Å². The zero-order chi connectivity index (χ0) is 18.1. The van der Waals surface area contributed by atoms with Gasteiger partial charge in [-0.3, -0.25) is 0 Å². The van der Waals surface area contributed by atoms with Crippen LogP contribution in [0.3, 0.4) is 0 Å². The average molecular weight is 475 g/mol. The first-order valence-corrected chi connectivity index (χ1v) is 25.7. The summed E-state index contributed by atoms with van der Waals surface area (Å²) in [7, 11) is 15.6. The van der Waals surface area contributed by atoms with Crippen molar-refractivity contribution in [3.8, 4) is 0 Å². The van der Waals surface area contributed by atoms with Crippen LogP contribution < -0.4 is 5.73 Å². The molecule has 0 spiro atoms. The number of amides is 1. The van der Waals surface area contributed by atoms with Crippen molar-refractivity contribution in [2.24, 2.45) is 17.1 Å². The number of halogens is 2. The summed E-state index contributed by atoms with van der Waals surface area (Å²) in [5.74, 6) is -0.985. The molecule has 2 fully saturated rings. The van der Waals surface area contributed by atoms with E-state index in [0.29, 0.717) is 5.92 Å². The summed E-state index contributed by atoms with van der Waals surface area (Å²) in [4.78, 5) is 12.6. The fourth-order valence-corrected chi connectivity index (χ4v) is 38.9. The van der Waals surface area contributed by atoms with E-state index in [-0.39, 0.29) is 13.2 Å². The second-order valence-electron chi connectivity index (χ2n) is 8.76. The molecule has 4 rings (SSSR count). The zero-order valence-electron chi connectivity index (χ0n) is 14.8. The van der Waals surface area contributed by atoms with Crippen molar-refractivity contribution in [1.82, 2.24) is 0 Å². The van der Waals surface area contributed by atoms with Crippen molar-refractivity contribution in [3.63, 3.8) is 0 Å². The summed E-state index contributed by atoms with van der Waals surface area (Å²) < 4.78 is 0.272. The van der Waals surface area contributed by atoms with Gasteiger partial charge < -0.3 is 0 Å². The van der Waals surface area contributed by atoms with Gasteiger partial charge in [-0.15, -0.1) is 0 Å². The molecule has 0 radical (unpaired) electrons. The Kier molecular flexibility index (Phi) is 4.29. The molecule has 4 atom stereocenters. The van der Waals surface area contributed by atoms with Crippen LogP contribution >= 0.6 is 17.0 Å². The topological polar surface area (TPSA) is 43.1 Å². The molecule has 0 aromatic heterocycles. The van der Waals surface area contributed by atoms with Gasteiger partial charge >= 0.3 is 160 Å². The molecular weight excluding hydrogens is 448 g/mol. The Morgan fingerprint density at radius 1 is 1.32 bits per heavy atom. The number of rotatable bonds is 4. The molecule has 4 unspecified atom stereocenters. The molecule has 2 N–H and O–H groups in total. The van der Waals surface area contributed by atoms with Gasteiger partial charge in [-0.25, -0.2) is 0 Å². The van der Waals surface area contributed by atoms with Crippen molar-refractivity contribution in [1.29, 1.82) is 0 Å². The first kappa shape index (κ1) is 18.5. The maximum atomic E-state index is 12.6. The Morgan fingerprint density at radius 3 is 2.68 bits per heavy atom. The molecule has 1 aromatic carbocycles. The van der Waals surface area contributed by atoms with E-state index in [9.17, 15) is 4.79 Å². The number of fused-ring (bicyclic) bond motifs is 3. The van der Waals surface area contributed by atoms with Crippen molar-refractivity contribution < 1.29 is 20.4 Å². The summed E-state index contributed by atoms with van der Waals surface area (Å²) >= 11 is -4.34. The van der Waals surface area contributed by atoms with E-state index >= 15 is 0 Å². The normalized spacial score (nSPS) is 34.9. The van der Waals surface area contributed by atoms with Crippen LogP contribution in [-0.4, -0.2) is 11.8 Å². The fourth-order valence-electron chi connectivity index (χ4n) is 6.11. The quantitative estimate of drug-likeness (QED) is 0.599. The van der Waals surface area contributed by atoms with Gasteiger partial charge in [0.25, 0.3) is 0 Å². The van der Waals surface area contributed by atoms with E-state index in [0.717, 1.165) is 25.7 Å². The molecule has 6 heteroatoms. The first-order valence-electron chi connectivity index (χ1n) is 9.34. The number of hydrogen-bond acceptors (Lipinski definition) is 1. The van der Waals surface area contributed by atoms with Crippen LogP contribution in [0.2, 0.25) is 16.7 Å². The fraction of sp³-hybridized carbons (Fsp3) is 0.526. The molecular formula is C19H26Cl2NOSiZr. The maximum absolute atomic E-state index is 12.6. The first-order chi connectivity index (χ1) is 11.7. The molecule has 0 heterocycles. The molecule has 0 aliphatic heterocycles. The SMILES string of the molecule is C[SiH](C)[Zr]([Cl])([Cl])([CH]1C=Cc2ccccc21)[CH]1CC2CCC1(C(N)=O)C2. The molecule has 2 bridgehead atoms. The van der Waals surface area contributed by atoms with Gasteiger partial charge in [-0.05, 0) is 0 Å². The number of benzene rings is 1. The van der Waals surface area contributed by atoms with E-state index in [4.69, 9.17) is 22.8 Å². The third-order valence-corrected chi connectivity index (χ3v) is 61.3. The van der Waals surface area contributed by atoms with Gasteiger partial charge in [0.1, 0.15) is 0 Å². The Bertz CT molecular complexity index is 780. The van der Waals surface area contributed by atoms with Crippen molar-refractivity contribution in [3.05, 3.63) is 41.5 Å². The number of primary amides is 1. The van der Waals surface area contributed by atoms with E-state index in [2.05, 4.69) is 49.5 Å². The number of allylic oxidation sites excluding steroid dienone is 1. The van der Waals surface area contributed by atoms with Gasteiger partial charge in [0, 0.05) is 0 Å². The number of carbonyl (C=O) groups is 1. The van der Waals surface area contributed by atoms with Crippen molar-refractivity contribution in [2.45, 2.75) is 46.0 Å². The predicted octanol–water partition coefficient (Wildman–Crippen LogP) is 5.20. The van der Waals surface area contributed by atoms with Crippen LogP contribution in [0.15, 0.2) is 30.3 Å². The summed E-state index contributed by atoms with van der Waals surface area (Å²) in [6.07, 6.45) is 8.35. The van der Waals surface area contributed by atoms with Crippen LogP contribution in [0.1, 0.15) is 40.4 Å². The predicted molar refractivity (Wildman–Crippen MR) is 106 cm³/mol. The van der Waals surface area contributed by atoms with E-state index in [1.165, 1.54) is 11.1 Å². The van der Waals surface area contributed by atoms with Crippen LogP contribution in [0.25, 0.3) is 6.08 Å². The van der Waals surface area contributed by atoms with E-state index in [1.807, 2.05) is 0 Å². The standard InChI is InChI=1S/C9H7.C8H12NO.C2H7Si.2ClH.Zr/c1-2-5-9-7-3-6-8(9)4-1;9-7(10)8-3-1-6(5-8)2-4-8;1-3-2;;;/h1-7H;3,6H,1-2,4-5H2,(H2,9,10);3H,1-2H3;2*1H;/q;;;;;+2/p-2. The van der Waals surface area contributed by atoms with Crippen LogP contribution in [-0.2, 0) is 20.4 Å². The van der Waals surface area contributed by atoms with Crippen molar-refractivity contribution >= 4 is 34.9 Å². The Hall–Kier alpha value is 0.110. The van der Waals surface area contributed by atoms with Crippen LogP contribution in [0, 0.1) is 11.3 Å². The van der Waals surface area contributed by atoms with Gasteiger partial charge in [0.05, 0.1) is 0 Å². The number of hydrogen-bond donors (Lipinski definition) is 1. The van der Waals surface area contributed by atoms with Crippen LogP contribution in [0.5, 0.6) is 0 Å². The molecule has 135 valence electrons. The van der Waals surface area contributed by atoms with Gasteiger partial charge in [0.2, 0.25) is 0 Å². The molecule has 2 nitrogen and oxygen atoms in total. The second kappa shape index (κ2) is 5.80. The zero-order valence-corrected chi connectivity index (χ0v) is 20.0. The molecule has 25 heavy (non-hydrogen) atoms. The minimum absolute atomic E-state index is 0.133. The third-order valence-electron chi connectivity index (χ3n) is 7.54. The molecule has 1 amide bonds. The second-order valence-corrected chi connectivity index (χ2v) is 51.7. The molecule has 3 aliphatic rings. The summed E-state index contributed by atoms with van der Waals surface area (Å²) in [6, 6.07) is 8.46. The molecule has 0 saturated heterocycles. The van der Waals surface area contributed by atoms with Gasteiger partial charge in [-0.2, -0.15) is 0 Å².